The van der Waals surface area contributed by atoms with Gasteiger partial charge in [-0.15, -0.1) is 0 Å². The number of carbonyl (C=O) groups is 1. The number of fused-ring (bicyclic) bond motifs is 1. The average Bonchev–Trinajstić information content (AvgIpc) is 2.49. The van der Waals surface area contributed by atoms with Crippen molar-refractivity contribution in [2.45, 2.75) is 6.42 Å². The van der Waals surface area contributed by atoms with Gasteiger partial charge in [0.05, 0.1) is 11.9 Å². The van der Waals surface area contributed by atoms with Crippen LogP contribution in [0, 0.1) is 0 Å². The number of hydrogen-bond donors (Lipinski definition) is 1. The molecule has 0 aliphatic carbocycles. The summed E-state index contributed by atoms with van der Waals surface area (Å²) >= 11 is 0. The predicted octanol–water partition coefficient (Wildman–Crippen LogP) is 0.240. The number of aliphatic carboxylic acids is 1. The number of carboxylic acid groups (broad SMARTS) is 1. The second-order valence-electron chi connectivity index (χ2n) is 2.39. The maximum Gasteiger partial charge on any atom is 0.350 e. The van der Waals surface area contributed by atoms with Crippen LogP contribution in [-0.2, 0) is 4.79 Å². The van der Waals surface area contributed by atoms with E-state index in [1.807, 2.05) is 0 Å². The Labute approximate surface area is 67.9 Å². The summed E-state index contributed by atoms with van der Waals surface area (Å²) in [6.45, 7) is 0. The second-order valence-corrected chi connectivity index (χ2v) is 2.39. The molecule has 0 radical (unpaired) electrons. The molecule has 2 aliphatic heterocycles. The predicted molar refractivity (Wildman–Crippen MR) is 43.7 cm³/mol. The average molecular weight is 163 g/mol. The first-order valence-corrected chi connectivity index (χ1v) is 3.37. The van der Waals surface area contributed by atoms with Crippen molar-refractivity contribution in [3.05, 3.63) is 11.9 Å². The second kappa shape index (κ2) is 2.37. The number of nitrogens with zero attached hydrogens (tertiary/aromatic N) is 3. The molecule has 12 heavy (non-hydrogen) atoms. The maximum atomic E-state index is 10.5. The third-order valence-electron chi connectivity index (χ3n) is 1.63. The lowest BCUT2D eigenvalue weighted by Gasteiger charge is -2.05. The summed E-state index contributed by atoms with van der Waals surface area (Å²) in [6.07, 6.45) is 3.10. The fourth-order valence-electron chi connectivity index (χ4n) is 1.02. The molecule has 5 nitrogen and oxygen atoms in total. The van der Waals surface area contributed by atoms with Crippen LogP contribution < -0.4 is 0 Å². The molecule has 0 bridgehead atoms. The monoisotopic (exact) mass is 163 g/mol. The van der Waals surface area contributed by atoms with Gasteiger partial charge in [0, 0.05) is 6.42 Å². The minimum Gasteiger partial charge on any atom is -0.477 e. The summed E-state index contributed by atoms with van der Waals surface area (Å²) in [5.74, 6) is -1.00. The van der Waals surface area contributed by atoms with Crippen LogP contribution in [0.3, 0.4) is 0 Å². The van der Waals surface area contributed by atoms with Crippen molar-refractivity contribution < 1.29 is 9.90 Å². The van der Waals surface area contributed by atoms with Crippen molar-refractivity contribution in [2.24, 2.45) is 15.0 Å². The SMILES string of the molecule is O=C(O)C1=NC=C2N=CN=C2C1. The third kappa shape index (κ3) is 0.952. The third-order valence-corrected chi connectivity index (χ3v) is 1.63. The fraction of sp³-hybridized carbons (Fsp3) is 0.143. The minimum atomic E-state index is -1.00. The molecule has 0 atom stereocenters. The molecule has 60 valence electrons. The van der Waals surface area contributed by atoms with Gasteiger partial charge in [0.25, 0.3) is 0 Å². The Morgan fingerprint density at radius 2 is 2.33 bits per heavy atom. The number of carboxylic acids is 1. The number of hydrogen-bond acceptors (Lipinski definition) is 4. The highest BCUT2D eigenvalue weighted by Gasteiger charge is 2.21. The minimum absolute atomic E-state index is 0.114. The lowest BCUT2D eigenvalue weighted by Crippen LogP contribution is -2.20. The summed E-state index contributed by atoms with van der Waals surface area (Å²) < 4.78 is 0. The van der Waals surface area contributed by atoms with E-state index in [-0.39, 0.29) is 12.1 Å². The molecule has 0 amide bonds. The largest absolute Gasteiger partial charge is 0.477 e. The van der Waals surface area contributed by atoms with Gasteiger partial charge in [-0.05, 0) is 0 Å². The summed E-state index contributed by atoms with van der Waals surface area (Å²) in [6, 6.07) is 0. The number of rotatable bonds is 1. The van der Waals surface area contributed by atoms with Gasteiger partial charge in [0.1, 0.15) is 17.7 Å². The van der Waals surface area contributed by atoms with Crippen LogP contribution in [0.4, 0.5) is 0 Å². The quantitative estimate of drug-likeness (QED) is 0.601. The molecule has 0 saturated carbocycles. The van der Waals surface area contributed by atoms with Gasteiger partial charge < -0.3 is 5.11 Å². The number of allylic oxidation sites excluding steroid dienone is 1. The Balaban J connectivity index is 2.33. The van der Waals surface area contributed by atoms with Crippen LogP contribution >= 0.6 is 0 Å². The highest BCUT2D eigenvalue weighted by atomic mass is 16.4. The summed E-state index contributed by atoms with van der Waals surface area (Å²) in [5.41, 5.74) is 1.46. The zero-order valence-corrected chi connectivity index (χ0v) is 6.06. The molecule has 0 spiro atoms. The molecule has 0 aromatic heterocycles. The Kier molecular flexibility index (Phi) is 1.36. The standard InChI is InChI=1S/C7H5N3O2/c11-7(12)5-1-4-6(2-8-5)10-3-9-4/h2-3H,1H2,(H,11,12). The van der Waals surface area contributed by atoms with E-state index in [1.165, 1.54) is 12.5 Å². The lowest BCUT2D eigenvalue weighted by molar-refractivity contribution is -0.129. The van der Waals surface area contributed by atoms with Crippen LogP contribution in [0.5, 0.6) is 0 Å². The van der Waals surface area contributed by atoms with Crippen molar-refractivity contribution in [3.8, 4) is 0 Å². The summed E-state index contributed by atoms with van der Waals surface area (Å²) in [7, 11) is 0. The molecule has 2 aliphatic rings. The van der Waals surface area contributed by atoms with E-state index in [9.17, 15) is 4.79 Å². The van der Waals surface area contributed by atoms with Gasteiger partial charge in [-0.2, -0.15) is 0 Å². The zero-order valence-electron chi connectivity index (χ0n) is 6.06. The van der Waals surface area contributed by atoms with Crippen molar-refractivity contribution in [1.82, 2.24) is 0 Å². The fourth-order valence-corrected chi connectivity index (χ4v) is 1.02. The molecule has 1 N–H and O–H groups in total. The normalized spacial score (nSPS) is 19.5. The lowest BCUT2D eigenvalue weighted by atomic mass is 10.1. The molecule has 0 aromatic rings. The highest BCUT2D eigenvalue weighted by molar-refractivity contribution is 6.41. The smallest absolute Gasteiger partial charge is 0.350 e. The molecular weight excluding hydrogens is 158 g/mol. The number of aliphatic imine (C=N–C) groups is 3. The highest BCUT2D eigenvalue weighted by Crippen LogP contribution is 2.14. The van der Waals surface area contributed by atoms with Crippen LogP contribution in [0.2, 0.25) is 0 Å². The summed E-state index contributed by atoms with van der Waals surface area (Å²) in [5, 5.41) is 8.60. The van der Waals surface area contributed by atoms with E-state index in [4.69, 9.17) is 5.11 Å². The van der Waals surface area contributed by atoms with E-state index >= 15 is 0 Å². The first-order valence-electron chi connectivity index (χ1n) is 3.37. The Morgan fingerprint density at radius 1 is 1.50 bits per heavy atom. The Bertz CT molecular complexity index is 363. The molecule has 2 heterocycles. The topological polar surface area (TPSA) is 74.4 Å². The molecule has 2 rings (SSSR count). The van der Waals surface area contributed by atoms with Crippen molar-refractivity contribution in [3.63, 3.8) is 0 Å². The summed E-state index contributed by atoms with van der Waals surface area (Å²) in [4.78, 5) is 22.0. The van der Waals surface area contributed by atoms with Crippen LogP contribution in [0.1, 0.15) is 6.42 Å². The van der Waals surface area contributed by atoms with E-state index in [1.54, 1.807) is 0 Å². The van der Waals surface area contributed by atoms with Gasteiger partial charge in [-0.3, -0.25) is 4.99 Å². The molecule has 0 saturated heterocycles. The van der Waals surface area contributed by atoms with E-state index in [2.05, 4.69) is 15.0 Å². The first kappa shape index (κ1) is 6.90. The van der Waals surface area contributed by atoms with Gasteiger partial charge in [-0.1, -0.05) is 0 Å². The first-order chi connectivity index (χ1) is 5.77. The zero-order chi connectivity index (χ0) is 8.55. The van der Waals surface area contributed by atoms with Crippen LogP contribution in [0.25, 0.3) is 0 Å². The van der Waals surface area contributed by atoms with Gasteiger partial charge >= 0.3 is 5.97 Å². The van der Waals surface area contributed by atoms with Crippen LogP contribution in [-0.4, -0.2) is 28.8 Å². The molecular formula is C7H5N3O2. The Morgan fingerprint density at radius 3 is 3.08 bits per heavy atom. The molecule has 0 unspecified atom stereocenters. The van der Waals surface area contributed by atoms with E-state index < -0.39 is 5.97 Å². The Hall–Kier alpha value is -1.78. The van der Waals surface area contributed by atoms with Gasteiger partial charge in [-0.25, -0.2) is 14.8 Å². The molecule has 0 aromatic carbocycles. The van der Waals surface area contributed by atoms with E-state index in [0.29, 0.717) is 11.4 Å². The van der Waals surface area contributed by atoms with Crippen molar-refractivity contribution in [1.29, 1.82) is 0 Å². The van der Waals surface area contributed by atoms with E-state index in [0.717, 1.165) is 0 Å². The maximum absolute atomic E-state index is 10.5. The molecule has 0 fully saturated rings. The van der Waals surface area contributed by atoms with Gasteiger partial charge in [0.15, 0.2) is 0 Å². The van der Waals surface area contributed by atoms with Crippen molar-refractivity contribution in [2.75, 3.05) is 0 Å². The van der Waals surface area contributed by atoms with Crippen LogP contribution in [0.15, 0.2) is 26.9 Å². The molecule has 5 heteroatoms. The van der Waals surface area contributed by atoms with Crippen molar-refractivity contribution >= 4 is 23.7 Å². The van der Waals surface area contributed by atoms with Gasteiger partial charge in [0.2, 0.25) is 0 Å².